The fraction of sp³-hybridized carbons (Fsp3) is 0.273. The van der Waals surface area contributed by atoms with E-state index in [0.717, 1.165) is 16.9 Å². The fourth-order valence-corrected chi connectivity index (χ4v) is 6.53. The van der Waals surface area contributed by atoms with Gasteiger partial charge < -0.3 is 4.90 Å². The van der Waals surface area contributed by atoms with Gasteiger partial charge in [0.25, 0.3) is 0 Å². The van der Waals surface area contributed by atoms with E-state index in [4.69, 9.17) is 11.6 Å². The molecule has 0 N–H and O–H groups in total. The third-order valence-electron chi connectivity index (χ3n) is 5.37. The van der Waals surface area contributed by atoms with Crippen molar-refractivity contribution in [2.45, 2.75) is 17.6 Å². The molecule has 2 aromatic carbocycles. The number of aromatic nitrogens is 2. The van der Waals surface area contributed by atoms with Crippen LogP contribution < -0.4 is 0 Å². The number of carbonyl (C=O) groups is 1. The summed E-state index contributed by atoms with van der Waals surface area (Å²) in [5.41, 5.74) is 2.64. The summed E-state index contributed by atoms with van der Waals surface area (Å²) in [6, 6.07) is 17.1. The summed E-state index contributed by atoms with van der Waals surface area (Å²) in [6.07, 6.45) is 2.26. The highest BCUT2D eigenvalue weighted by atomic mass is 35.5. The van der Waals surface area contributed by atoms with Crippen molar-refractivity contribution in [3.8, 4) is 16.9 Å². The first-order valence-corrected chi connectivity index (χ1v) is 13.0. The number of rotatable bonds is 6. The molecule has 1 fully saturated rings. The van der Waals surface area contributed by atoms with Gasteiger partial charge in [-0.25, -0.2) is 13.4 Å². The number of sulfone groups is 1. The number of halogens is 1. The molecule has 0 spiro atoms. The number of thioether (sulfide) groups is 1. The maximum atomic E-state index is 12.8. The van der Waals surface area contributed by atoms with Crippen molar-refractivity contribution in [1.82, 2.24) is 14.5 Å². The number of para-hydroxylation sites is 1. The summed E-state index contributed by atoms with van der Waals surface area (Å²) in [4.78, 5) is 18.9. The van der Waals surface area contributed by atoms with Crippen LogP contribution in [0.5, 0.6) is 0 Å². The Morgan fingerprint density at radius 2 is 1.90 bits per heavy atom. The summed E-state index contributed by atoms with van der Waals surface area (Å²) >= 11 is 7.80. The molecule has 162 valence electrons. The molecular weight excluding hydrogens is 454 g/mol. The van der Waals surface area contributed by atoms with E-state index in [1.54, 1.807) is 18.1 Å². The lowest BCUT2D eigenvalue weighted by atomic mass is 10.1. The zero-order chi connectivity index (χ0) is 22.0. The monoisotopic (exact) mass is 475 g/mol. The second-order valence-corrected chi connectivity index (χ2v) is 11.0. The zero-order valence-electron chi connectivity index (χ0n) is 16.9. The third kappa shape index (κ3) is 4.81. The Morgan fingerprint density at radius 3 is 2.58 bits per heavy atom. The number of benzene rings is 2. The molecule has 0 radical (unpaired) electrons. The van der Waals surface area contributed by atoms with Crippen LogP contribution in [0.3, 0.4) is 0 Å². The Bertz CT molecular complexity index is 1200. The Labute approximate surface area is 191 Å². The van der Waals surface area contributed by atoms with Gasteiger partial charge in [0.1, 0.15) is 0 Å². The summed E-state index contributed by atoms with van der Waals surface area (Å²) < 4.78 is 25.5. The minimum Gasteiger partial charge on any atom is -0.341 e. The summed E-state index contributed by atoms with van der Waals surface area (Å²) in [7, 11) is -1.38. The molecule has 2 heterocycles. The van der Waals surface area contributed by atoms with Gasteiger partial charge in [-0.2, -0.15) is 0 Å². The highest BCUT2D eigenvalue weighted by molar-refractivity contribution is 7.99. The van der Waals surface area contributed by atoms with Crippen molar-refractivity contribution >= 4 is 39.1 Å². The normalized spacial score (nSPS) is 17.5. The quantitative estimate of drug-likeness (QED) is 0.505. The lowest BCUT2D eigenvalue weighted by Gasteiger charge is -2.23. The highest BCUT2D eigenvalue weighted by Gasteiger charge is 2.32. The molecule has 0 bridgehead atoms. The summed E-state index contributed by atoms with van der Waals surface area (Å²) in [5, 5.41) is 1.23. The van der Waals surface area contributed by atoms with E-state index in [0.29, 0.717) is 16.6 Å². The molecule has 3 aromatic rings. The maximum absolute atomic E-state index is 12.8. The lowest BCUT2D eigenvalue weighted by molar-refractivity contribution is -0.128. The van der Waals surface area contributed by atoms with Gasteiger partial charge in [0.2, 0.25) is 5.91 Å². The Hall–Kier alpha value is -2.29. The minimum absolute atomic E-state index is 0.0340. The average Bonchev–Trinajstić information content (AvgIpc) is 3.35. The van der Waals surface area contributed by atoms with Crippen molar-refractivity contribution in [1.29, 1.82) is 0 Å². The van der Waals surface area contributed by atoms with Gasteiger partial charge in [0.15, 0.2) is 15.0 Å². The van der Waals surface area contributed by atoms with Crippen LogP contribution in [0.4, 0.5) is 0 Å². The topological polar surface area (TPSA) is 72.3 Å². The number of nitrogens with zero attached hydrogens (tertiary/aromatic N) is 3. The van der Waals surface area contributed by atoms with E-state index >= 15 is 0 Å². The van der Waals surface area contributed by atoms with Crippen LogP contribution in [0.2, 0.25) is 5.02 Å². The summed E-state index contributed by atoms with van der Waals surface area (Å²) in [6.45, 7) is 0. The molecule has 9 heteroatoms. The molecule has 31 heavy (non-hydrogen) atoms. The number of amides is 1. The molecule has 1 aliphatic heterocycles. The van der Waals surface area contributed by atoms with Crippen LogP contribution in [0, 0.1) is 0 Å². The Morgan fingerprint density at radius 1 is 1.19 bits per heavy atom. The number of hydrogen-bond donors (Lipinski definition) is 0. The Balaban J connectivity index is 1.60. The van der Waals surface area contributed by atoms with Crippen molar-refractivity contribution in [3.05, 3.63) is 65.8 Å². The van der Waals surface area contributed by atoms with E-state index in [9.17, 15) is 13.2 Å². The molecule has 6 nitrogen and oxygen atoms in total. The van der Waals surface area contributed by atoms with Crippen LogP contribution in [0.15, 0.2) is 66.0 Å². The molecule has 1 atom stereocenters. The van der Waals surface area contributed by atoms with Crippen LogP contribution in [-0.4, -0.2) is 59.1 Å². The molecular formula is C22H22ClN3O3S2. The van der Waals surface area contributed by atoms with Crippen LogP contribution in [0.1, 0.15) is 6.42 Å². The van der Waals surface area contributed by atoms with Gasteiger partial charge in [-0.3, -0.25) is 9.36 Å². The molecule has 1 unspecified atom stereocenters. The van der Waals surface area contributed by atoms with Crippen molar-refractivity contribution in [2.24, 2.45) is 0 Å². The molecule has 4 rings (SSSR count). The molecule has 0 saturated carbocycles. The van der Waals surface area contributed by atoms with Crippen molar-refractivity contribution in [2.75, 3.05) is 24.3 Å². The number of hydrogen-bond acceptors (Lipinski definition) is 5. The van der Waals surface area contributed by atoms with E-state index in [-0.39, 0.29) is 29.2 Å². The fourth-order valence-electron chi connectivity index (χ4n) is 3.63. The second kappa shape index (κ2) is 9.06. The van der Waals surface area contributed by atoms with Crippen LogP contribution >= 0.6 is 23.4 Å². The van der Waals surface area contributed by atoms with Gasteiger partial charge in [-0.15, -0.1) is 0 Å². The van der Waals surface area contributed by atoms with Crippen molar-refractivity contribution < 1.29 is 13.2 Å². The Kier molecular flexibility index (Phi) is 6.41. The maximum Gasteiger partial charge on any atom is 0.233 e. The van der Waals surface area contributed by atoms with E-state index in [1.807, 2.05) is 59.2 Å². The van der Waals surface area contributed by atoms with Crippen LogP contribution in [-0.2, 0) is 14.6 Å². The third-order valence-corrected chi connectivity index (χ3v) is 8.37. The first kappa shape index (κ1) is 21.9. The molecule has 1 saturated heterocycles. The molecule has 1 amide bonds. The average molecular weight is 476 g/mol. The molecule has 1 aromatic heterocycles. The van der Waals surface area contributed by atoms with Gasteiger partial charge >= 0.3 is 0 Å². The van der Waals surface area contributed by atoms with E-state index in [1.165, 1.54) is 11.8 Å². The van der Waals surface area contributed by atoms with E-state index < -0.39 is 9.84 Å². The highest BCUT2D eigenvalue weighted by Crippen LogP contribution is 2.33. The summed E-state index contributed by atoms with van der Waals surface area (Å²) in [5.74, 6) is 0.205. The molecule has 0 aliphatic carbocycles. The predicted octanol–water partition coefficient (Wildman–Crippen LogP) is 3.93. The van der Waals surface area contributed by atoms with Gasteiger partial charge in [0, 0.05) is 18.7 Å². The minimum atomic E-state index is -3.05. The van der Waals surface area contributed by atoms with Crippen LogP contribution in [0.25, 0.3) is 16.9 Å². The smallest absolute Gasteiger partial charge is 0.233 e. The largest absolute Gasteiger partial charge is 0.341 e. The molecule has 1 aliphatic rings. The van der Waals surface area contributed by atoms with E-state index in [2.05, 4.69) is 4.98 Å². The lowest BCUT2D eigenvalue weighted by Crippen LogP contribution is -2.38. The zero-order valence-corrected chi connectivity index (χ0v) is 19.3. The first-order chi connectivity index (χ1) is 14.9. The van der Waals surface area contributed by atoms with Crippen molar-refractivity contribution in [3.63, 3.8) is 0 Å². The standard InChI is InChI=1S/C22H22ClN3O3S2/c1-25(17-11-12-31(28,29)15-17)21(27)14-30-22-24-13-20(16-7-3-2-4-8-16)26(22)19-10-6-5-9-18(19)23/h2-10,13,17H,11-12,14-15H2,1H3. The van der Waals surface area contributed by atoms with Gasteiger partial charge in [-0.1, -0.05) is 65.8 Å². The number of carbonyl (C=O) groups excluding carboxylic acids is 1. The van der Waals surface area contributed by atoms with Gasteiger partial charge in [0.05, 0.1) is 39.9 Å². The second-order valence-electron chi connectivity index (χ2n) is 7.43. The predicted molar refractivity (Wildman–Crippen MR) is 125 cm³/mol. The first-order valence-electron chi connectivity index (χ1n) is 9.82. The number of imidazole rings is 1. The SMILES string of the molecule is CN(C(=O)CSc1ncc(-c2ccccc2)n1-c1ccccc1Cl)C1CCS(=O)(=O)C1. The van der Waals surface area contributed by atoms with Gasteiger partial charge in [-0.05, 0) is 18.6 Å².